The summed E-state index contributed by atoms with van der Waals surface area (Å²) in [6.07, 6.45) is 9.48. The topological polar surface area (TPSA) is 24.9 Å². The standard InChI is InChI=1S/C18H20ClN2/c19-17-3-1-2-14(12-17)4-5-16-13-21-11-8-18(16)15-6-9-20-10-7-15/h1-3,8,11-12,15,20H,4-7,9-10H2. The minimum absolute atomic E-state index is 0.653. The highest BCUT2D eigenvalue weighted by atomic mass is 35.5. The van der Waals surface area contributed by atoms with E-state index in [1.807, 2.05) is 24.4 Å². The molecule has 1 aromatic heterocycles. The van der Waals surface area contributed by atoms with Crippen molar-refractivity contribution in [1.29, 1.82) is 0 Å². The number of nitrogens with one attached hydrogen (secondary N) is 1. The second-order valence-corrected chi connectivity index (χ2v) is 6.08. The first-order chi connectivity index (χ1) is 10.3. The quantitative estimate of drug-likeness (QED) is 0.929. The zero-order valence-corrected chi connectivity index (χ0v) is 12.9. The molecule has 3 heteroatoms. The molecule has 1 radical (unpaired) electrons. The molecule has 0 aliphatic carbocycles. The van der Waals surface area contributed by atoms with Crippen LogP contribution in [0.4, 0.5) is 0 Å². The first kappa shape index (κ1) is 14.6. The van der Waals surface area contributed by atoms with Crippen LogP contribution in [0.1, 0.15) is 35.4 Å². The highest BCUT2D eigenvalue weighted by Crippen LogP contribution is 2.28. The van der Waals surface area contributed by atoms with Gasteiger partial charge in [0.15, 0.2) is 0 Å². The Morgan fingerprint density at radius 3 is 2.86 bits per heavy atom. The Labute approximate surface area is 131 Å². The Hall–Kier alpha value is -1.38. The van der Waals surface area contributed by atoms with Gasteiger partial charge in [-0.25, -0.2) is 0 Å². The van der Waals surface area contributed by atoms with Crippen LogP contribution in [0.3, 0.4) is 0 Å². The van der Waals surface area contributed by atoms with Crippen LogP contribution in [0.25, 0.3) is 0 Å². The van der Waals surface area contributed by atoms with Crippen LogP contribution in [0.15, 0.2) is 36.5 Å². The van der Waals surface area contributed by atoms with Gasteiger partial charge in [0.2, 0.25) is 0 Å². The van der Waals surface area contributed by atoms with E-state index in [1.165, 1.54) is 29.5 Å². The average molecular weight is 300 g/mol. The smallest absolute Gasteiger partial charge is 0.0923 e. The minimum atomic E-state index is 0.653. The third-order valence-corrected chi connectivity index (χ3v) is 4.44. The number of rotatable bonds is 4. The lowest BCUT2D eigenvalue weighted by atomic mass is 9.86. The fourth-order valence-electron chi connectivity index (χ4n) is 3.08. The van der Waals surface area contributed by atoms with Crippen LogP contribution in [-0.4, -0.2) is 18.1 Å². The SMILES string of the molecule is Clc1cccc(CCc2[c]nccc2C2CCNCC2)c1. The predicted molar refractivity (Wildman–Crippen MR) is 86.8 cm³/mol. The van der Waals surface area contributed by atoms with Crippen LogP contribution in [0, 0.1) is 6.20 Å². The normalized spacial score (nSPS) is 16.0. The van der Waals surface area contributed by atoms with Gasteiger partial charge in [-0.3, -0.25) is 4.98 Å². The molecule has 0 spiro atoms. The van der Waals surface area contributed by atoms with Crippen molar-refractivity contribution in [3.63, 3.8) is 0 Å². The van der Waals surface area contributed by atoms with Crippen molar-refractivity contribution in [2.24, 2.45) is 0 Å². The number of benzene rings is 1. The van der Waals surface area contributed by atoms with Gasteiger partial charge >= 0.3 is 0 Å². The molecule has 2 aromatic rings. The lowest BCUT2D eigenvalue weighted by Gasteiger charge is -2.24. The lowest BCUT2D eigenvalue weighted by Crippen LogP contribution is -2.27. The maximum atomic E-state index is 6.05. The molecule has 0 saturated carbocycles. The summed E-state index contributed by atoms with van der Waals surface area (Å²) < 4.78 is 0. The fourth-order valence-corrected chi connectivity index (χ4v) is 3.29. The van der Waals surface area contributed by atoms with E-state index in [0.29, 0.717) is 5.92 Å². The van der Waals surface area contributed by atoms with Gasteiger partial charge < -0.3 is 5.32 Å². The molecule has 1 aliphatic rings. The third-order valence-electron chi connectivity index (χ3n) is 4.21. The van der Waals surface area contributed by atoms with E-state index in [4.69, 9.17) is 11.6 Å². The lowest BCUT2D eigenvalue weighted by molar-refractivity contribution is 0.458. The zero-order chi connectivity index (χ0) is 14.5. The minimum Gasteiger partial charge on any atom is -0.317 e. The van der Waals surface area contributed by atoms with Crippen molar-refractivity contribution in [3.8, 4) is 0 Å². The van der Waals surface area contributed by atoms with E-state index >= 15 is 0 Å². The monoisotopic (exact) mass is 299 g/mol. The van der Waals surface area contributed by atoms with E-state index in [1.54, 1.807) is 0 Å². The first-order valence-electron chi connectivity index (χ1n) is 7.63. The van der Waals surface area contributed by atoms with Crippen LogP contribution < -0.4 is 5.32 Å². The average Bonchev–Trinajstić information content (AvgIpc) is 2.54. The highest BCUT2D eigenvalue weighted by Gasteiger charge is 2.18. The Morgan fingerprint density at radius 2 is 2.05 bits per heavy atom. The summed E-state index contributed by atoms with van der Waals surface area (Å²) in [6.45, 7) is 2.22. The van der Waals surface area contributed by atoms with Crippen molar-refractivity contribution < 1.29 is 0 Å². The van der Waals surface area contributed by atoms with Crippen LogP contribution in [0.5, 0.6) is 0 Å². The van der Waals surface area contributed by atoms with Crippen molar-refractivity contribution >= 4 is 11.6 Å². The van der Waals surface area contributed by atoms with Crippen molar-refractivity contribution in [2.45, 2.75) is 31.6 Å². The molecule has 2 nitrogen and oxygen atoms in total. The van der Waals surface area contributed by atoms with E-state index < -0.39 is 0 Å². The summed E-state index contributed by atoms with van der Waals surface area (Å²) in [6, 6.07) is 10.3. The number of aryl methyl sites for hydroxylation is 2. The predicted octanol–water partition coefficient (Wildman–Crippen LogP) is 3.79. The Kier molecular flexibility index (Phi) is 4.89. The summed E-state index contributed by atoms with van der Waals surface area (Å²) in [7, 11) is 0. The Balaban J connectivity index is 1.73. The molecule has 109 valence electrons. The molecule has 0 bridgehead atoms. The van der Waals surface area contributed by atoms with Gasteiger partial charge in [-0.05, 0) is 79.6 Å². The highest BCUT2D eigenvalue weighted by molar-refractivity contribution is 6.30. The maximum absolute atomic E-state index is 6.05. The van der Waals surface area contributed by atoms with Crippen LogP contribution in [-0.2, 0) is 12.8 Å². The van der Waals surface area contributed by atoms with Gasteiger partial charge in [0.05, 0.1) is 6.20 Å². The van der Waals surface area contributed by atoms with E-state index in [0.717, 1.165) is 31.0 Å². The molecule has 21 heavy (non-hydrogen) atoms. The van der Waals surface area contributed by atoms with Crippen molar-refractivity contribution in [2.75, 3.05) is 13.1 Å². The molecular weight excluding hydrogens is 280 g/mol. The number of hydrogen-bond acceptors (Lipinski definition) is 2. The molecular formula is C18H20ClN2. The molecule has 2 heterocycles. The van der Waals surface area contributed by atoms with Gasteiger partial charge in [-0.1, -0.05) is 23.7 Å². The molecule has 0 atom stereocenters. The van der Waals surface area contributed by atoms with Gasteiger partial charge in [-0.2, -0.15) is 0 Å². The van der Waals surface area contributed by atoms with E-state index in [9.17, 15) is 0 Å². The molecule has 1 N–H and O–H groups in total. The second-order valence-electron chi connectivity index (χ2n) is 5.64. The van der Waals surface area contributed by atoms with E-state index in [-0.39, 0.29) is 0 Å². The Bertz CT molecular complexity index is 591. The van der Waals surface area contributed by atoms with E-state index in [2.05, 4.69) is 28.6 Å². The molecule has 0 amide bonds. The Morgan fingerprint density at radius 1 is 1.19 bits per heavy atom. The molecule has 1 saturated heterocycles. The zero-order valence-electron chi connectivity index (χ0n) is 12.1. The molecule has 1 aromatic carbocycles. The van der Waals surface area contributed by atoms with Crippen LogP contribution >= 0.6 is 11.6 Å². The second kappa shape index (κ2) is 7.06. The van der Waals surface area contributed by atoms with Gasteiger partial charge in [0, 0.05) is 11.2 Å². The summed E-state index contributed by atoms with van der Waals surface area (Å²) in [4.78, 5) is 4.20. The fraction of sp³-hybridized carbons (Fsp3) is 0.389. The number of piperidine rings is 1. The summed E-state index contributed by atoms with van der Waals surface area (Å²) in [5, 5.41) is 4.23. The van der Waals surface area contributed by atoms with Crippen LogP contribution in [0.2, 0.25) is 5.02 Å². The summed E-state index contributed by atoms with van der Waals surface area (Å²) in [5.74, 6) is 0.653. The molecule has 3 rings (SSSR count). The maximum Gasteiger partial charge on any atom is 0.0923 e. The van der Waals surface area contributed by atoms with Gasteiger partial charge in [-0.15, -0.1) is 0 Å². The molecule has 1 fully saturated rings. The molecule has 1 aliphatic heterocycles. The number of halogens is 1. The van der Waals surface area contributed by atoms with Gasteiger partial charge in [0.1, 0.15) is 0 Å². The van der Waals surface area contributed by atoms with Crippen molar-refractivity contribution in [3.05, 3.63) is 64.4 Å². The number of nitrogens with zero attached hydrogens (tertiary/aromatic N) is 1. The number of hydrogen-bond donors (Lipinski definition) is 1. The summed E-state index contributed by atoms with van der Waals surface area (Å²) >= 11 is 6.05. The third kappa shape index (κ3) is 3.84. The largest absolute Gasteiger partial charge is 0.317 e. The molecule has 0 unspecified atom stereocenters. The number of pyridine rings is 1. The summed E-state index contributed by atoms with van der Waals surface area (Å²) in [5.41, 5.74) is 3.98. The first-order valence-corrected chi connectivity index (χ1v) is 8.01. The van der Waals surface area contributed by atoms with Crippen molar-refractivity contribution in [1.82, 2.24) is 10.3 Å². The number of aromatic nitrogens is 1. The van der Waals surface area contributed by atoms with Gasteiger partial charge in [0.25, 0.3) is 0 Å².